The maximum Gasteiger partial charge on any atom is 0.248 e. The Balaban J connectivity index is 2.29. The van der Waals surface area contributed by atoms with Gasteiger partial charge in [0.2, 0.25) is 11.8 Å². The molecule has 0 atom stereocenters. The Morgan fingerprint density at radius 2 is 2.11 bits per heavy atom. The molecule has 0 unspecified atom stereocenters. The molecule has 0 spiro atoms. The molecule has 0 saturated carbocycles. The Labute approximate surface area is 111 Å². The van der Waals surface area contributed by atoms with E-state index in [0.717, 1.165) is 5.56 Å². The van der Waals surface area contributed by atoms with Crippen molar-refractivity contribution < 1.29 is 9.53 Å². The summed E-state index contributed by atoms with van der Waals surface area (Å²) in [7, 11) is 0. The predicted octanol–water partition coefficient (Wildman–Crippen LogP) is 1.74. The van der Waals surface area contributed by atoms with Crippen LogP contribution in [0.1, 0.15) is 21.6 Å². The molecule has 2 aromatic rings. The topological polar surface area (TPSA) is 91.2 Å². The van der Waals surface area contributed by atoms with Gasteiger partial charge >= 0.3 is 0 Å². The number of nitrogens with two attached hydrogens (primary N) is 2. The summed E-state index contributed by atoms with van der Waals surface area (Å²) in [6, 6.07) is 10.5. The lowest BCUT2D eigenvalue weighted by atomic mass is 10.2. The second kappa shape index (κ2) is 5.49. The minimum absolute atomic E-state index is 0.336. The van der Waals surface area contributed by atoms with Crippen LogP contribution >= 0.6 is 0 Å². The van der Waals surface area contributed by atoms with Crippen LogP contribution in [0, 0.1) is 6.92 Å². The van der Waals surface area contributed by atoms with Crippen molar-refractivity contribution in [2.75, 3.05) is 0 Å². The first-order chi connectivity index (χ1) is 9.08. The van der Waals surface area contributed by atoms with Gasteiger partial charge in [-0.1, -0.05) is 12.1 Å². The van der Waals surface area contributed by atoms with Gasteiger partial charge in [0.25, 0.3) is 0 Å². The van der Waals surface area contributed by atoms with Gasteiger partial charge in [-0.15, -0.1) is 0 Å². The van der Waals surface area contributed by atoms with Crippen molar-refractivity contribution in [2.24, 2.45) is 11.5 Å². The van der Waals surface area contributed by atoms with Gasteiger partial charge in [-0.2, -0.15) is 0 Å². The number of amides is 1. The number of hydrogen-bond acceptors (Lipinski definition) is 4. The van der Waals surface area contributed by atoms with E-state index in [0.29, 0.717) is 29.4 Å². The highest BCUT2D eigenvalue weighted by Crippen LogP contribution is 2.22. The van der Waals surface area contributed by atoms with E-state index in [9.17, 15) is 4.79 Å². The van der Waals surface area contributed by atoms with Crippen molar-refractivity contribution in [3.05, 3.63) is 53.2 Å². The molecule has 5 heteroatoms. The van der Waals surface area contributed by atoms with Gasteiger partial charge in [0.15, 0.2) is 0 Å². The lowest BCUT2D eigenvalue weighted by Crippen LogP contribution is -2.11. The van der Waals surface area contributed by atoms with Crippen LogP contribution in [0.5, 0.6) is 11.6 Å². The average molecular weight is 257 g/mol. The van der Waals surface area contributed by atoms with Gasteiger partial charge < -0.3 is 16.2 Å². The molecule has 0 fully saturated rings. The van der Waals surface area contributed by atoms with Crippen LogP contribution < -0.4 is 16.2 Å². The number of primary amides is 1. The largest absolute Gasteiger partial charge is 0.439 e. The van der Waals surface area contributed by atoms with Crippen LogP contribution in [0.25, 0.3) is 0 Å². The van der Waals surface area contributed by atoms with Crippen LogP contribution in [0.15, 0.2) is 36.4 Å². The molecule has 0 radical (unpaired) electrons. The molecule has 0 aliphatic carbocycles. The van der Waals surface area contributed by atoms with Crippen molar-refractivity contribution in [1.82, 2.24) is 4.98 Å². The molecule has 0 saturated heterocycles. The quantitative estimate of drug-likeness (QED) is 0.872. The number of hydrogen-bond donors (Lipinski definition) is 2. The molecule has 0 bridgehead atoms. The summed E-state index contributed by atoms with van der Waals surface area (Å²) in [6.45, 7) is 2.21. The normalized spacial score (nSPS) is 10.2. The zero-order valence-corrected chi connectivity index (χ0v) is 10.6. The summed E-state index contributed by atoms with van der Waals surface area (Å²) in [5, 5.41) is 0. The molecule has 4 N–H and O–H groups in total. The van der Waals surface area contributed by atoms with Crippen LogP contribution in [-0.4, -0.2) is 10.9 Å². The molecule has 1 aromatic carbocycles. The fourth-order valence-corrected chi connectivity index (χ4v) is 1.69. The third kappa shape index (κ3) is 3.29. The van der Waals surface area contributed by atoms with Gasteiger partial charge in [0.1, 0.15) is 5.75 Å². The summed E-state index contributed by atoms with van der Waals surface area (Å²) in [4.78, 5) is 15.4. The van der Waals surface area contributed by atoms with E-state index in [2.05, 4.69) is 4.98 Å². The highest BCUT2D eigenvalue weighted by atomic mass is 16.5. The van der Waals surface area contributed by atoms with E-state index >= 15 is 0 Å². The zero-order valence-electron chi connectivity index (χ0n) is 10.6. The number of pyridine rings is 1. The lowest BCUT2D eigenvalue weighted by Gasteiger charge is -2.08. The summed E-state index contributed by atoms with van der Waals surface area (Å²) in [6.07, 6.45) is 0. The van der Waals surface area contributed by atoms with E-state index in [-0.39, 0.29) is 0 Å². The molecular formula is C14H15N3O2. The zero-order chi connectivity index (χ0) is 13.8. The number of nitrogens with zero attached hydrogens (tertiary/aromatic N) is 1. The number of aromatic nitrogens is 1. The molecule has 1 aromatic heterocycles. The van der Waals surface area contributed by atoms with E-state index in [1.165, 1.54) is 6.07 Å². The molecule has 1 heterocycles. The van der Waals surface area contributed by atoms with E-state index in [4.69, 9.17) is 16.2 Å². The van der Waals surface area contributed by atoms with Gasteiger partial charge in [-0.25, -0.2) is 4.98 Å². The number of ether oxygens (including phenoxy) is 1. The SMILES string of the molecule is Cc1cc(C(N)=O)cc(Oc2cccc(CN)c2)n1. The lowest BCUT2D eigenvalue weighted by molar-refractivity contribution is 0.0999. The van der Waals surface area contributed by atoms with E-state index in [1.54, 1.807) is 19.1 Å². The molecule has 0 aliphatic rings. The van der Waals surface area contributed by atoms with Crippen molar-refractivity contribution in [1.29, 1.82) is 0 Å². The molecule has 0 aliphatic heterocycles. The van der Waals surface area contributed by atoms with Gasteiger partial charge in [0.05, 0.1) is 0 Å². The third-order valence-electron chi connectivity index (χ3n) is 2.57. The molecule has 5 nitrogen and oxygen atoms in total. The Kier molecular flexibility index (Phi) is 3.77. The number of benzene rings is 1. The smallest absolute Gasteiger partial charge is 0.248 e. The molecule has 19 heavy (non-hydrogen) atoms. The minimum atomic E-state index is -0.508. The summed E-state index contributed by atoms with van der Waals surface area (Å²) in [5.74, 6) is 0.450. The maximum atomic E-state index is 11.2. The van der Waals surface area contributed by atoms with Crippen LogP contribution in [0.2, 0.25) is 0 Å². The van der Waals surface area contributed by atoms with Gasteiger partial charge in [-0.05, 0) is 30.7 Å². The number of carbonyl (C=O) groups is 1. The molecule has 98 valence electrons. The highest BCUT2D eigenvalue weighted by Gasteiger charge is 2.07. The first-order valence-electron chi connectivity index (χ1n) is 5.84. The molecule has 2 rings (SSSR count). The second-order valence-corrected chi connectivity index (χ2v) is 4.15. The fraction of sp³-hybridized carbons (Fsp3) is 0.143. The first kappa shape index (κ1) is 13.0. The number of carbonyl (C=O) groups excluding carboxylic acids is 1. The second-order valence-electron chi connectivity index (χ2n) is 4.15. The third-order valence-corrected chi connectivity index (χ3v) is 2.57. The van der Waals surface area contributed by atoms with Crippen LogP contribution in [-0.2, 0) is 6.54 Å². The Bertz CT molecular complexity index is 611. The van der Waals surface area contributed by atoms with Crippen molar-refractivity contribution in [2.45, 2.75) is 13.5 Å². The van der Waals surface area contributed by atoms with Crippen LogP contribution in [0.3, 0.4) is 0 Å². The summed E-state index contributed by atoms with van der Waals surface area (Å²) < 4.78 is 5.62. The Hall–Kier alpha value is -2.40. The van der Waals surface area contributed by atoms with Crippen molar-refractivity contribution >= 4 is 5.91 Å². The van der Waals surface area contributed by atoms with Gasteiger partial charge in [0, 0.05) is 23.9 Å². The minimum Gasteiger partial charge on any atom is -0.439 e. The highest BCUT2D eigenvalue weighted by molar-refractivity contribution is 5.93. The van der Waals surface area contributed by atoms with Crippen LogP contribution in [0.4, 0.5) is 0 Å². The molecular weight excluding hydrogens is 242 g/mol. The van der Waals surface area contributed by atoms with Crippen molar-refractivity contribution in [3.8, 4) is 11.6 Å². The predicted molar refractivity (Wildman–Crippen MR) is 71.9 cm³/mol. The van der Waals surface area contributed by atoms with E-state index in [1.807, 2.05) is 18.2 Å². The van der Waals surface area contributed by atoms with Gasteiger partial charge in [-0.3, -0.25) is 4.79 Å². The monoisotopic (exact) mass is 257 g/mol. The number of rotatable bonds is 4. The standard InChI is InChI=1S/C14H15N3O2/c1-9-5-11(14(16)18)7-13(17-9)19-12-4-2-3-10(6-12)8-15/h2-7H,8,15H2,1H3,(H2,16,18). The van der Waals surface area contributed by atoms with E-state index < -0.39 is 5.91 Å². The summed E-state index contributed by atoms with van der Waals surface area (Å²) >= 11 is 0. The fourth-order valence-electron chi connectivity index (χ4n) is 1.69. The first-order valence-corrected chi connectivity index (χ1v) is 5.84. The average Bonchev–Trinajstić information content (AvgIpc) is 2.38. The van der Waals surface area contributed by atoms with Crippen molar-refractivity contribution in [3.63, 3.8) is 0 Å². The Morgan fingerprint density at radius 1 is 1.32 bits per heavy atom. The number of aryl methyl sites for hydroxylation is 1. The Morgan fingerprint density at radius 3 is 2.79 bits per heavy atom. The summed E-state index contributed by atoms with van der Waals surface area (Å²) in [5.41, 5.74) is 12.8. The maximum absolute atomic E-state index is 11.2. The molecule has 1 amide bonds.